The van der Waals surface area contributed by atoms with Gasteiger partial charge in [-0.2, -0.15) is 5.10 Å². The van der Waals surface area contributed by atoms with Crippen molar-refractivity contribution in [1.82, 2.24) is 10.7 Å². The fraction of sp³-hybridized carbons (Fsp3) is 0.192. The second-order valence-electron chi connectivity index (χ2n) is 7.26. The van der Waals surface area contributed by atoms with Crippen LogP contribution in [-0.4, -0.2) is 30.4 Å². The summed E-state index contributed by atoms with van der Waals surface area (Å²) in [5, 5.41) is 6.91. The summed E-state index contributed by atoms with van der Waals surface area (Å²) >= 11 is 1.63. The lowest BCUT2D eigenvalue weighted by Gasteiger charge is -2.14. The van der Waals surface area contributed by atoms with Crippen molar-refractivity contribution in [3.63, 3.8) is 0 Å². The average molecular weight is 462 g/mol. The first-order chi connectivity index (χ1) is 16.1. The van der Waals surface area contributed by atoms with Gasteiger partial charge < -0.3 is 10.1 Å². The fourth-order valence-electron chi connectivity index (χ4n) is 2.92. The van der Waals surface area contributed by atoms with Gasteiger partial charge in [0.05, 0.1) is 12.3 Å². The van der Waals surface area contributed by atoms with E-state index in [1.54, 1.807) is 42.2 Å². The molecule has 0 bridgehead atoms. The predicted octanol–water partition coefficient (Wildman–Crippen LogP) is 4.58. The third-order valence-electron chi connectivity index (χ3n) is 4.67. The summed E-state index contributed by atoms with van der Waals surface area (Å²) in [6, 6.07) is 26.8. The molecule has 2 N–H and O–H groups in total. The lowest BCUT2D eigenvalue weighted by atomic mass is 10.1. The number of ether oxygens (including phenoxy) is 1. The number of hydrogen-bond donors (Lipinski definition) is 2. The maximum absolute atomic E-state index is 12.1. The number of hydrogen-bond acceptors (Lipinski definition) is 5. The quantitative estimate of drug-likeness (QED) is 0.249. The molecule has 3 aromatic rings. The van der Waals surface area contributed by atoms with Crippen LogP contribution in [-0.2, 0) is 9.59 Å². The normalized spacial score (nSPS) is 11.7. The minimum Gasteiger partial charge on any atom is -0.484 e. The van der Waals surface area contributed by atoms with Gasteiger partial charge in [0.2, 0.25) is 5.91 Å². The van der Waals surface area contributed by atoms with Crippen LogP contribution >= 0.6 is 11.8 Å². The molecule has 170 valence electrons. The number of amides is 2. The number of nitrogens with zero attached hydrogens (tertiary/aromatic N) is 1. The molecule has 6 nitrogen and oxygen atoms in total. The Morgan fingerprint density at radius 1 is 0.939 bits per heavy atom. The van der Waals surface area contributed by atoms with E-state index in [1.807, 2.05) is 67.6 Å². The number of hydrazone groups is 1. The van der Waals surface area contributed by atoms with E-state index in [0.717, 1.165) is 16.0 Å². The largest absolute Gasteiger partial charge is 0.484 e. The zero-order chi connectivity index (χ0) is 23.3. The van der Waals surface area contributed by atoms with Crippen LogP contribution in [0.25, 0.3) is 0 Å². The lowest BCUT2D eigenvalue weighted by molar-refractivity contribution is -0.123. The first-order valence-corrected chi connectivity index (χ1v) is 11.7. The molecule has 0 spiro atoms. The summed E-state index contributed by atoms with van der Waals surface area (Å²) in [5.41, 5.74) is 4.38. The van der Waals surface area contributed by atoms with Crippen molar-refractivity contribution >= 4 is 29.8 Å². The average Bonchev–Trinajstić information content (AvgIpc) is 2.85. The Bertz CT molecular complexity index is 1040. The summed E-state index contributed by atoms with van der Waals surface area (Å²) in [6.07, 6.45) is 1.95. The van der Waals surface area contributed by atoms with Crippen molar-refractivity contribution in [1.29, 1.82) is 0 Å². The van der Waals surface area contributed by atoms with Crippen LogP contribution in [0.1, 0.15) is 30.5 Å². The Hall–Kier alpha value is -3.58. The Kier molecular flexibility index (Phi) is 9.54. The fourth-order valence-corrected chi connectivity index (χ4v) is 3.79. The van der Waals surface area contributed by atoms with E-state index in [1.165, 1.54) is 0 Å². The molecule has 0 aliphatic heterocycles. The Labute approximate surface area is 198 Å². The SMILES string of the molecule is C[C@@H](NC(=O)COc1ccc(/C=N\NC(=O)CCSc2ccccc2)cc1)c1ccccc1. The van der Waals surface area contributed by atoms with Gasteiger partial charge in [0, 0.05) is 17.1 Å². The van der Waals surface area contributed by atoms with Gasteiger partial charge in [-0.1, -0.05) is 48.5 Å². The maximum atomic E-state index is 12.1. The number of carbonyl (C=O) groups excluding carboxylic acids is 2. The molecule has 0 radical (unpaired) electrons. The van der Waals surface area contributed by atoms with E-state index in [-0.39, 0.29) is 24.5 Å². The minimum absolute atomic E-state index is 0.0678. The third-order valence-corrected chi connectivity index (χ3v) is 5.68. The molecule has 1 atom stereocenters. The molecule has 0 heterocycles. The van der Waals surface area contributed by atoms with Crippen molar-refractivity contribution in [2.24, 2.45) is 5.10 Å². The van der Waals surface area contributed by atoms with Gasteiger partial charge in [-0.05, 0) is 54.4 Å². The van der Waals surface area contributed by atoms with E-state index in [0.29, 0.717) is 17.9 Å². The van der Waals surface area contributed by atoms with Gasteiger partial charge in [0.25, 0.3) is 5.91 Å². The van der Waals surface area contributed by atoms with Crippen LogP contribution in [0.15, 0.2) is 94.9 Å². The van der Waals surface area contributed by atoms with Crippen LogP contribution < -0.4 is 15.5 Å². The number of thioether (sulfide) groups is 1. The van der Waals surface area contributed by atoms with Crippen LogP contribution in [0, 0.1) is 0 Å². The van der Waals surface area contributed by atoms with Crippen LogP contribution in [0.5, 0.6) is 5.75 Å². The second-order valence-corrected chi connectivity index (χ2v) is 8.43. The smallest absolute Gasteiger partial charge is 0.258 e. The van der Waals surface area contributed by atoms with Gasteiger partial charge in [-0.15, -0.1) is 11.8 Å². The van der Waals surface area contributed by atoms with E-state index in [2.05, 4.69) is 15.8 Å². The molecule has 3 rings (SSSR count). The number of rotatable bonds is 11. The van der Waals surface area contributed by atoms with E-state index < -0.39 is 0 Å². The van der Waals surface area contributed by atoms with Gasteiger partial charge in [0.15, 0.2) is 6.61 Å². The molecule has 0 aliphatic carbocycles. The molecule has 2 amide bonds. The van der Waals surface area contributed by atoms with E-state index in [9.17, 15) is 9.59 Å². The molecule has 3 aromatic carbocycles. The highest BCUT2D eigenvalue weighted by molar-refractivity contribution is 7.99. The Morgan fingerprint density at radius 2 is 1.61 bits per heavy atom. The molecule has 0 aromatic heterocycles. The van der Waals surface area contributed by atoms with Gasteiger partial charge in [0.1, 0.15) is 5.75 Å². The number of benzene rings is 3. The van der Waals surface area contributed by atoms with E-state index in [4.69, 9.17) is 4.74 Å². The molecule has 0 saturated carbocycles. The highest BCUT2D eigenvalue weighted by atomic mass is 32.2. The highest BCUT2D eigenvalue weighted by Crippen LogP contribution is 2.17. The van der Waals surface area contributed by atoms with Crippen molar-refractivity contribution in [3.8, 4) is 5.75 Å². The summed E-state index contributed by atoms with van der Waals surface area (Å²) in [7, 11) is 0. The predicted molar refractivity (Wildman–Crippen MR) is 132 cm³/mol. The number of carbonyl (C=O) groups is 2. The van der Waals surface area contributed by atoms with Crippen molar-refractivity contribution in [2.45, 2.75) is 24.3 Å². The summed E-state index contributed by atoms with van der Waals surface area (Å²) in [6.45, 7) is 1.87. The van der Waals surface area contributed by atoms with E-state index >= 15 is 0 Å². The molecule has 0 saturated heterocycles. The minimum atomic E-state index is -0.190. The summed E-state index contributed by atoms with van der Waals surface area (Å²) in [5.74, 6) is 0.946. The summed E-state index contributed by atoms with van der Waals surface area (Å²) in [4.78, 5) is 25.2. The second kappa shape index (κ2) is 13.1. The first-order valence-electron chi connectivity index (χ1n) is 10.7. The van der Waals surface area contributed by atoms with Crippen molar-refractivity contribution in [2.75, 3.05) is 12.4 Å². The molecule has 0 aliphatic rings. The Balaban J connectivity index is 1.35. The van der Waals surface area contributed by atoms with Crippen LogP contribution in [0.4, 0.5) is 0 Å². The standard InChI is InChI=1S/C26H27N3O3S/c1-20(22-8-4-2-5-9-22)28-26(31)19-32-23-14-12-21(13-15-23)18-27-29-25(30)16-17-33-24-10-6-3-7-11-24/h2-15,18,20H,16-17,19H2,1H3,(H,28,31)(H,29,30)/b27-18-/t20-/m1/s1. The number of nitrogens with one attached hydrogen (secondary N) is 2. The zero-order valence-corrected chi connectivity index (χ0v) is 19.3. The monoisotopic (exact) mass is 461 g/mol. The van der Waals surface area contributed by atoms with Crippen molar-refractivity contribution in [3.05, 3.63) is 96.1 Å². The maximum Gasteiger partial charge on any atom is 0.258 e. The highest BCUT2D eigenvalue weighted by Gasteiger charge is 2.09. The van der Waals surface area contributed by atoms with Gasteiger partial charge in [-0.3, -0.25) is 9.59 Å². The summed E-state index contributed by atoms with van der Waals surface area (Å²) < 4.78 is 5.55. The first kappa shape index (κ1) is 24.1. The third kappa shape index (κ3) is 8.82. The Morgan fingerprint density at radius 3 is 2.30 bits per heavy atom. The lowest BCUT2D eigenvalue weighted by Crippen LogP contribution is -2.31. The zero-order valence-electron chi connectivity index (χ0n) is 18.4. The van der Waals surface area contributed by atoms with Gasteiger partial charge in [-0.25, -0.2) is 5.43 Å². The van der Waals surface area contributed by atoms with Crippen molar-refractivity contribution < 1.29 is 14.3 Å². The molecule has 33 heavy (non-hydrogen) atoms. The molecular weight excluding hydrogens is 434 g/mol. The molecule has 0 unspecified atom stereocenters. The molecule has 7 heteroatoms. The molecule has 0 fully saturated rings. The van der Waals surface area contributed by atoms with Gasteiger partial charge >= 0.3 is 0 Å². The van der Waals surface area contributed by atoms with Crippen LogP contribution in [0.3, 0.4) is 0 Å². The topological polar surface area (TPSA) is 79.8 Å². The van der Waals surface area contributed by atoms with Crippen LogP contribution in [0.2, 0.25) is 0 Å². The molecular formula is C26H27N3O3S.